The molecule has 1 heterocycles. The number of hydrogen-bond acceptors (Lipinski definition) is 6. The summed E-state index contributed by atoms with van der Waals surface area (Å²) in [6, 6.07) is 7.04. The van der Waals surface area contributed by atoms with Crippen LogP contribution in [-0.4, -0.2) is 33.0 Å². The van der Waals surface area contributed by atoms with E-state index >= 15 is 0 Å². The third-order valence-corrected chi connectivity index (χ3v) is 4.13. The van der Waals surface area contributed by atoms with Crippen molar-refractivity contribution in [3.8, 4) is 5.75 Å². The van der Waals surface area contributed by atoms with Crippen molar-refractivity contribution < 1.29 is 9.53 Å². The van der Waals surface area contributed by atoms with Gasteiger partial charge in [-0.1, -0.05) is 18.7 Å². The molecule has 0 aliphatic carbocycles. The fourth-order valence-corrected chi connectivity index (χ4v) is 2.70. The maximum absolute atomic E-state index is 12.4. The highest BCUT2D eigenvalue weighted by atomic mass is 32.2. The van der Waals surface area contributed by atoms with Gasteiger partial charge in [0.25, 0.3) is 0 Å². The van der Waals surface area contributed by atoms with Crippen molar-refractivity contribution in [2.75, 3.05) is 13.0 Å². The van der Waals surface area contributed by atoms with E-state index in [0.717, 1.165) is 5.75 Å². The summed E-state index contributed by atoms with van der Waals surface area (Å²) < 4.78 is 6.51. The standard InChI is InChI=1S/C14H18N4O2S/c1-4-12-16-17-14(18(12)15)21-9(2)13(19)10-5-7-11(20-3)8-6-10/h5-9H,4,15H2,1-3H3/t9-/m0/s1. The normalized spacial score (nSPS) is 12.1. The summed E-state index contributed by atoms with van der Waals surface area (Å²) in [5, 5.41) is 8.24. The Hall–Kier alpha value is -2.02. The quantitative estimate of drug-likeness (QED) is 0.499. The van der Waals surface area contributed by atoms with Gasteiger partial charge in [-0.05, 0) is 31.2 Å². The van der Waals surface area contributed by atoms with Gasteiger partial charge in [-0.15, -0.1) is 10.2 Å². The Morgan fingerprint density at radius 3 is 2.57 bits per heavy atom. The van der Waals surface area contributed by atoms with Gasteiger partial charge in [0.15, 0.2) is 11.6 Å². The minimum absolute atomic E-state index is 0.0173. The second-order valence-electron chi connectivity index (χ2n) is 4.48. The lowest BCUT2D eigenvalue weighted by Crippen LogP contribution is -2.18. The number of thioether (sulfide) groups is 1. The molecule has 0 aliphatic rings. The zero-order valence-corrected chi connectivity index (χ0v) is 13.1. The van der Waals surface area contributed by atoms with Crippen LogP contribution >= 0.6 is 11.8 Å². The Morgan fingerprint density at radius 2 is 2.05 bits per heavy atom. The van der Waals surface area contributed by atoms with Gasteiger partial charge in [0.1, 0.15) is 5.75 Å². The number of aromatic nitrogens is 3. The number of carbonyl (C=O) groups is 1. The van der Waals surface area contributed by atoms with Crippen LogP contribution in [0.5, 0.6) is 5.75 Å². The van der Waals surface area contributed by atoms with E-state index in [1.54, 1.807) is 31.4 Å². The van der Waals surface area contributed by atoms with Crippen LogP contribution in [0.15, 0.2) is 29.4 Å². The summed E-state index contributed by atoms with van der Waals surface area (Å²) in [6.07, 6.45) is 0.699. The largest absolute Gasteiger partial charge is 0.497 e. The van der Waals surface area contributed by atoms with E-state index in [4.69, 9.17) is 10.6 Å². The van der Waals surface area contributed by atoms with Crippen LogP contribution in [0.25, 0.3) is 0 Å². The zero-order chi connectivity index (χ0) is 15.4. The Kier molecular flexibility index (Phi) is 4.85. The second kappa shape index (κ2) is 6.62. The van der Waals surface area contributed by atoms with E-state index < -0.39 is 0 Å². The predicted molar refractivity (Wildman–Crippen MR) is 82.2 cm³/mol. The van der Waals surface area contributed by atoms with E-state index in [1.165, 1.54) is 16.4 Å². The Morgan fingerprint density at radius 1 is 1.38 bits per heavy atom. The number of ketones is 1. The fraction of sp³-hybridized carbons (Fsp3) is 0.357. The summed E-state index contributed by atoms with van der Waals surface area (Å²) in [6.45, 7) is 3.78. The number of benzene rings is 1. The topological polar surface area (TPSA) is 83.0 Å². The van der Waals surface area contributed by atoms with Crippen LogP contribution in [0.4, 0.5) is 0 Å². The summed E-state index contributed by atoms with van der Waals surface area (Å²) in [7, 11) is 1.59. The van der Waals surface area contributed by atoms with Crippen LogP contribution in [-0.2, 0) is 6.42 Å². The highest BCUT2D eigenvalue weighted by Gasteiger charge is 2.20. The fourth-order valence-electron chi connectivity index (χ4n) is 1.83. The van der Waals surface area contributed by atoms with Gasteiger partial charge in [-0.3, -0.25) is 4.79 Å². The van der Waals surface area contributed by atoms with E-state index in [9.17, 15) is 4.79 Å². The molecule has 0 amide bonds. The Bertz CT molecular complexity index is 624. The first-order valence-corrected chi connectivity index (χ1v) is 7.49. The van der Waals surface area contributed by atoms with Crippen LogP contribution in [0.1, 0.15) is 30.0 Å². The van der Waals surface area contributed by atoms with Crippen LogP contribution in [0.2, 0.25) is 0 Å². The molecule has 0 saturated heterocycles. The van der Waals surface area contributed by atoms with Crippen LogP contribution in [0.3, 0.4) is 0 Å². The van der Waals surface area contributed by atoms with Crippen LogP contribution in [0, 0.1) is 0 Å². The average molecular weight is 306 g/mol. The van der Waals surface area contributed by atoms with E-state index in [-0.39, 0.29) is 11.0 Å². The van der Waals surface area contributed by atoms with Gasteiger partial charge in [0, 0.05) is 12.0 Å². The summed E-state index contributed by atoms with van der Waals surface area (Å²) in [5.41, 5.74) is 0.634. The Labute approximate surface area is 127 Å². The molecule has 0 fully saturated rings. The Balaban J connectivity index is 2.09. The number of nitrogens with zero attached hydrogens (tertiary/aromatic N) is 3. The summed E-state index contributed by atoms with van der Waals surface area (Å²) >= 11 is 1.30. The first-order valence-electron chi connectivity index (χ1n) is 6.61. The zero-order valence-electron chi connectivity index (χ0n) is 12.2. The number of nitrogen functional groups attached to an aromatic ring is 1. The second-order valence-corrected chi connectivity index (χ2v) is 5.78. The number of ether oxygens (including phenoxy) is 1. The van der Waals surface area contributed by atoms with Crippen molar-refractivity contribution >= 4 is 17.5 Å². The molecule has 0 unspecified atom stereocenters. The predicted octanol–water partition coefficient (Wildman–Crippen LogP) is 1.93. The monoisotopic (exact) mass is 306 g/mol. The van der Waals surface area contributed by atoms with E-state index in [0.29, 0.717) is 23.0 Å². The first-order chi connectivity index (χ1) is 10.1. The van der Waals surface area contributed by atoms with Crippen molar-refractivity contribution in [3.05, 3.63) is 35.7 Å². The lowest BCUT2D eigenvalue weighted by Gasteiger charge is -2.10. The molecule has 21 heavy (non-hydrogen) atoms. The molecule has 1 aromatic heterocycles. The van der Waals surface area contributed by atoms with E-state index in [2.05, 4.69) is 10.2 Å². The highest BCUT2D eigenvalue weighted by Crippen LogP contribution is 2.24. The van der Waals surface area contributed by atoms with Gasteiger partial charge in [0.2, 0.25) is 5.16 Å². The van der Waals surface area contributed by atoms with Crippen molar-refractivity contribution in [3.63, 3.8) is 0 Å². The molecule has 2 aromatic rings. The summed E-state index contributed by atoms with van der Waals surface area (Å²) in [5.74, 6) is 7.32. The minimum atomic E-state index is -0.297. The SMILES string of the molecule is CCc1nnc(S[C@@H](C)C(=O)c2ccc(OC)cc2)n1N. The molecule has 0 bridgehead atoms. The number of Topliss-reactive ketones (excluding diaryl/α,β-unsaturated/α-hetero) is 1. The molecule has 6 nitrogen and oxygen atoms in total. The molecule has 0 saturated carbocycles. The molecule has 1 aromatic carbocycles. The number of aryl methyl sites for hydroxylation is 1. The van der Waals surface area contributed by atoms with Crippen molar-refractivity contribution in [2.24, 2.45) is 0 Å². The number of nitrogens with two attached hydrogens (primary N) is 1. The molecule has 112 valence electrons. The van der Waals surface area contributed by atoms with Gasteiger partial charge in [0.05, 0.1) is 12.4 Å². The average Bonchev–Trinajstić information content (AvgIpc) is 2.87. The van der Waals surface area contributed by atoms with Crippen molar-refractivity contribution in [1.82, 2.24) is 14.9 Å². The lowest BCUT2D eigenvalue weighted by molar-refractivity contribution is 0.0994. The highest BCUT2D eigenvalue weighted by molar-refractivity contribution is 8.00. The molecular formula is C14H18N4O2S. The minimum Gasteiger partial charge on any atom is -0.497 e. The summed E-state index contributed by atoms with van der Waals surface area (Å²) in [4.78, 5) is 12.4. The molecule has 0 aliphatic heterocycles. The third-order valence-electron chi connectivity index (χ3n) is 3.08. The molecule has 0 radical (unpaired) electrons. The number of methoxy groups -OCH3 is 1. The number of hydrogen-bond donors (Lipinski definition) is 1. The lowest BCUT2D eigenvalue weighted by atomic mass is 10.1. The molecule has 2 rings (SSSR count). The van der Waals surface area contributed by atoms with Crippen molar-refractivity contribution in [2.45, 2.75) is 30.7 Å². The molecule has 2 N–H and O–H groups in total. The van der Waals surface area contributed by atoms with Gasteiger partial charge >= 0.3 is 0 Å². The number of rotatable bonds is 6. The van der Waals surface area contributed by atoms with Crippen molar-refractivity contribution in [1.29, 1.82) is 0 Å². The maximum atomic E-state index is 12.4. The third kappa shape index (κ3) is 3.36. The van der Waals surface area contributed by atoms with Crippen LogP contribution < -0.4 is 10.6 Å². The van der Waals surface area contributed by atoms with E-state index in [1.807, 2.05) is 13.8 Å². The molecule has 7 heteroatoms. The molecule has 1 atom stereocenters. The van der Waals surface area contributed by atoms with Gasteiger partial charge in [-0.2, -0.15) is 0 Å². The molecule has 0 spiro atoms. The van der Waals surface area contributed by atoms with Gasteiger partial charge < -0.3 is 10.6 Å². The smallest absolute Gasteiger partial charge is 0.210 e. The maximum Gasteiger partial charge on any atom is 0.210 e. The first kappa shape index (κ1) is 15.4. The van der Waals surface area contributed by atoms with Gasteiger partial charge in [-0.25, -0.2) is 4.68 Å². The molecular weight excluding hydrogens is 288 g/mol. The number of carbonyl (C=O) groups excluding carboxylic acids is 1.